The molecule has 0 heterocycles. The van der Waals surface area contributed by atoms with Crippen LogP contribution in [0.4, 0.5) is 13.2 Å². The van der Waals surface area contributed by atoms with Crippen LogP contribution in [0.15, 0.2) is 40.9 Å². The predicted octanol–water partition coefficient (Wildman–Crippen LogP) is 5.80. The number of ether oxygens (including phenoxy) is 1. The van der Waals surface area contributed by atoms with Crippen LogP contribution in [-0.4, -0.2) is 5.11 Å². The molecule has 0 aromatic heterocycles. The highest BCUT2D eigenvalue weighted by atomic mass is 79.9. The fourth-order valence-electron chi connectivity index (χ4n) is 2.09. The van der Waals surface area contributed by atoms with Crippen molar-refractivity contribution in [3.63, 3.8) is 0 Å². The predicted molar refractivity (Wildman–Crippen MR) is 85.6 cm³/mol. The highest BCUT2D eigenvalue weighted by molar-refractivity contribution is 9.10. The maximum absolute atomic E-state index is 13.1. The van der Waals surface area contributed by atoms with E-state index in [1.54, 1.807) is 39.0 Å². The van der Waals surface area contributed by atoms with Gasteiger partial charge in [0.05, 0.1) is 15.6 Å². The molecular formula is C17H16BrF3O2. The molecule has 6 heteroatoms. The van der Waals surface area contributed by atoms with Gasteiger partial charge in [0.15, 0.2) is 0 Å². The summed E-state index contributed by atoms with van der Waals surface area (Å²) in [7, 11) is 0. The van der Waals surface area contributed by atoms with Gasteiger partial charge in [-0.2, -0.15) is 13.2 Å². The van der Waals surface area contributed by atoms with Gasteiger partial charge in [-0.3, -0.25) is 0 Å². The summed E-state index contributed by atoms with van der Waals surface area (Å²) in [6, 6.07) is 8.67. The molecule has 0 saturated heterocycles. The zero-order valence-electron chi connectivity index (χ0n) is 12.8. The quantitative estimate of drug-likeness (QED) is 0.720. The normalized spacial score (nSPS) is 12.3. The molecule has 2 nitrogen and oxygen atoms in total. The first-order valence-electron chi connectivity index (χ1n) is 6.87. The number of benzene rings is 2. The van der Waals surface area contributed by atoms with Crippen molar-refractivity contribution in [1.82, 2.24) is 0 Å². The van der Waals surface area contributed by atoms with Crippen molar-refractivity contribution in [2.75, 3.05) is 0 Å². The van der Waals surface area contributed by atoms with Crippen LogP contribution in [0.1, 0.15) is 30.5 Å². The van der Waals surface area contributed by atoms with Crippen molar-refractivity contribution in [2.24, 2.45) is 0 Å². The Kier molecular flexibility index (Phi) is 4.78. The average Bonchev–Trinajstić information content (AvgIpc) is 2.40. The third-order valence-electron chi connectivity index (χ3n) is 3.37. The van der Waals surface area contributed by atoms with E-state index in [1.165, 1.54) is 12.1 Å². The van der Waals surface area contributed by atoms with E-state index < -0.39 is 17.3 Å². The first kappa shape index (κ1) is 17.8. The third kappa shape index (κ3) is 4.06. The number of alkyl halides is 3. The van der Waals surface area contributed by atoms with Gasteiger partial charge in [-0.25, -0.2) is 0 Å². The highest BCUT2D eigenvalue weighted by Crippen LogP contribution is 2.41. The zero-order valence-corrected chi connectivity index (χ0v) is 14.4. The average molecular weight is 389 g/mol. The standard InChI is InChI=1S/C17H16BrF3O2/c1-10-5-4-6-12(17(19,20)21)15(10)23-14-8-7-11(9-13(14)18)16(2,3)22/h4-9,22H,1-3H3. The van der Waals surface area contributed by atoms with Gasteiger partial charge in [0.2, 0.25) is 0 Å². The number of rotatable bonds is 3. The Labute approximate surface area is 141 Å². The van der Waals surface area contributed by atoms with Crippen LogP contribution in [0.25, 0.3) is 0 Å². The van der Waals surface area contributed by atoms with Crippen molar-refractivity contribution in [3.05, 3.63) is 57.6 Å². The van der Waals surface area contributed by atoms with Crippen molar-refractivity contribution in [1.29, 1.82) is 0 Å². The van der Waals surface area contributed by atoms with E-state index in [0.29, 0.717) is 15.6 Å². The Bertz CT molecular complexity index is 719. The van der Waals surface area contributed by atoms with Crippen LogP contribution in [0.3, 0.4) is 0 Å². The Morgan fingerprint density at radius 2 is 1.74 bits per heavy atom. The first-order valence-corrected chi connectivity index (χ1v) is 7.66. The molecule has 0 amide bonds. The van der Waals surface area contributed by atoms with Gasteiger partial charge in [-0.05, 0) is 66.0 Å². The van der Waals surface area contributed by atoms with E-state index in [1.807, 2.05) is 0 Å². The van der Waals surface area contributed by atoms with Crippen LogP contribution in [0.5, 0.6) is 11.5 Å². The Hall–Kier alpha value is -1.53. The molecule has 0 spiro atoms. The van der Waals surface area contributed by atoms with E-state index >= 15 is 0 Å². The fraction of sp³-hybridized carbons (Fsp3) is 0.294. The molecule has 124 valence electrons. The Balaban J connectivity index is 2.45. The smallest absolute Gasteiger partial charge is 0.419 e. The van der Waals surface area contributed by atoms with E-state index in [0.717, 1.165) is 6.07 Å². The second kappa shape index (κ2) is 6.17. The lowest BCUT2D eigenvalue weighted by molar-refractivity contribution is -0.138. The van der Waals surface area contributed by atoms with Crippen molar-refractivity contribution >= 4 is 15.9 Å². The first-order chi connectivity index (χ1) is 10.5. The topological polar surface area (TPSA) is 29.5 Å². The van der Waals surface area contributed by atoms with Crippen LogP contribution < -0.4 is 4.74 Å². The number of halogens is 4. The number of para-hydroxylation sites is 1. The molecule has 2 aromatic rings. The van der Waals surface area contributed by atoms with Gasteiger partial charge >= 0.3 is 6.18 Å². The summed E-state index contributed by atoms with van der Waals surface area (Å²) in [6.45, 7) is 4.81. The monoisotopic (exact) mass is 388 g/mol. The molecule has 23 heavy (non-hydrogen) atoms. The van der Waals surface area contributed by atoms with Crippen molar-refractivity contribution in [2.45, 2.75) is 32.5 Å². The number of aliphatic hydroxyl groups is 1. The lowest BCUT2D eigenvalue weighted by Crippen LogP contribution is -2.15. The van der Waals surface area contributed by atoms with Gasteiger partial charge in [-0.1, -0.05) is 18.2 Å². The van der Waals surface area contributed by atoms with E-state index in [4.69, 9.17) is 4.74 Å². The minimum atomic E-state index is -4.50. The van der Waals surface area contributed by atoms with E-state index in [-0.39, 0.29) is 11.5 Å². The Morgan fingerprint density at radius 1 is 1.09 bits per heavy atom. The molecule has 0 fully saturated rings. The van der Waals surface area contributed by atoms with Crippen LogP contribution in [0.2, 0.25) is 0 Å². The highest BCUT2D eigenvalue weighted by Gasteiger charge is 2.35. The van der Waals surface area contributed by atoms with E-state index in [9.17, 15) is 18.3 Å². The molecule has 0 atom stereocenters. The summed E-state index contributed by atoms with van der Waals surface area (Å²) in [4.78, 5) is 0. The molecule has 0 aliphatic carbocycles. The molecule has 1 N–H and O–H groups in total. The van der Waals surface area contributed by atoms with Gasteiger partial charge < -0.3 is 9.84 Å². The third-order valence-corrected chi connectivity index (χ3v) is 3.99. The maximum atomic E-state index is 13.1. The molecule has 2 rings (SSSR count). The summed E-state index contributed by atoms with van der Waals surface area (Å²) in [5, 5.41) is 9.98. The summed E-state index contributed by atoms with van der Waals surface area (Å²) >= 11 is 3.28. The number of hydrogen-bond donors (Lipinski definition) is 1. The molecular weight excluding hydrogens is 373 g/mol. The molecule has 0 bridgehead atoms. The summed E-state index contributed by atoms with van der Waals surface area (Å²) in [6.07, 6.45) is -4.50. The lowest BCUT2D eigenvalue weighted by Gasteiger charge is -2.20. The minimum absolute atomic E-state index is 0.225. The van der Waals surface area contributed by atoms with Crippen LogP contribution >= 0.6 is 15.9 Å². The summed E-state index contributed by atoms with van der Waals surface area (Å²) < 4.78 is 45.4. The largest absolute Gasteiger partial charge is 0.455 e. The van der Waals surface area contributed by atoms with Crippen LogP contribution in [-0.2, 0) is 11.8 Å². The van der Waals surface area contributed by atoms with Crippen molar-refractivity contribution < 1.29 is 23.0 Å². The van der Waals surface area contributed by atoms with Gasteiger partial charge in [0.1, 0.15) is 11.5 Å². The van der Waals surface area contributed by atoms with Crippen molar-refractivity contribution in [3.8, 4) is 11.5 Å². The molecule has 0 saturated carbocycles. The SMILES string of the molecule is Cc1cccc(C(F)(F)F)c1Oc1ccc(C(C)(C)O)cc1Br. The molecule has 0 unspecified atom stereocenters. The molecule has 0 radical (unpaired) electrons. The maximum Gasteiger partial charge on any atom is 0.419 e. The number of aryl methyl sites for hydroxylation is 1. The van der Waals surface area contributed by atoms with Gasteiger partial charge in [-0.15, -0.1) is 0 Å². The zero-order chi connectivity index (χ0) is 17.4. The Morgan fingerprint density at radius 3 is 2.26 bits per heavy atom. The van der Waals surface area contributed by atoms with Crippen LogP contribution in [0, 0.1) is 6.92 Å². The summed E-state index contributed by atoms with van der Waals surface area (Å²) in [5.74, 6) is 0.0227. The molecule has 0 aliphatic rings. The lowest BCUT2D eigenvalue weighted by atomic mass is 9.98. The van der Waals surface area contributed by atoms with E-state index in [2.05, 4.69) is 15.9 Å². The molecule has 2 aromatic carbocycles. The second-order valence-corrected chi connectivity index (χ2v) is 6.61. The number of hydrogen-bond acceptors (Lipinski definition) is 2. The van der Waals surface area contributed by atoms with Gasteiger partial charge in [0, 0.05) is 0 Å². The minimum Gasteiger partial charge on any atom is -0.455 e. The fourth-order valence-corrected chi connectivity index (χ4v) is 2.55. The molecule has 0 aliphatic heterocycles. The summed E-state index contributed by atoms with van der Waals surface area (Å²) in [5.41, 5.74) is -0.868. The van der Waals surface area contributed by atoms with Gasteiger partial charge in [0.25, 0.3) is 0 Å². The second-order valence-electron chi connectivity index (χ2n) is 5.76.